The summed E-state index contributed by atoms with van der Waals surface area (Å²) in [7, 11) is 0. The van der Waals surface area contributed by atoms with E-state index in [2.05, 4.69) is 50.4 Å². The van der Waals surface area contributed by atoms with Gasteiger partial charge in [-0.2, -0.15) is 0 Å². The van der Waals surface area contributed by atoms with Crippen LogP contribution in [0.25, 0.3) is 10.4 Å². The molecule has 0 spiro atoms. The van der Waals surface area contributed by atoms with Crippen molar-refractivity contribution in [1.82, 2.24) is 20.1 Å². The molecule has 0 fully saturated rings. The predicted octanol–water partition coefficient (Wildman–Crippen LogP) is 3.80. The van der Waals surface area contributed by atoms with Gasteiger partial charge in [0.05, 0.1) is 4.88 Å². The van der Waals surface area contributed by atoms with Gasteiger partial charge in [-0.05, 0) is 48.4 Å². The van der Waals surface area contributed by atoms with Crippen LogP contribution in [-0.2, 0) is 32.2 Å². The Kier molecular flexibility index (Phi) is 4.72. The molecule has 0 unspecified atom stereocenters. The van der Waals surface area contributed by atoms with Crippen LogP contribution in [0.2, 0.25) is 0 Å². The Labute approximate surface area is 168 Å². The highest BCUT2D eigenvalue weighted by atomic mass is 32.1. The fraction of sp³-hybridized carbons (Fsp3) is 0.409. The van der Waals surface area contributed by atoms with E-state index in [4.69, 9.17) is 0 Å². The minimum Gasteiger partial charge on any atom is -0.351 e. The molecule has 3 aromatic rings. The summed E-state index contributed by atoms with van der Waals surface area (Å²) in [5.74, 6) is 2.12. The Hall–Kier alpha value is -2.47. The average molecular weight is 393 g/mol. The normalized spacial score (nSPS) is 15.3. The number of nitrogens with one attached hydrogen (secondary N) is 1. The van der Waals surface area contributed by atoms with Crippen molar-refractivity contribution in [2.75, 3.05) is 6.54 Å². The van der Waals surface area contributed by atoms with Gasteiger partial charge in [-0.1, -0.05) is 30.7 Å². The molecule has 1 N–H and O–H groups in total. The lowest BCUT2D eigenvalue weighted by atomic mass is 9.91. The van der Waals surface area contributed by atoms with E-state index in [1.807, 2.05) is 0 Å². The lowest BCUT2D eigenvalue weighted by molar-refractivity contribution is 0.0958. The van der Waals surface area contributed by atoms with Crippen molar-refractivity contribution in [2.45, 2.75) is 51.5 Å². The van der Waals surface area contributed by atoms with E-state index in [9.17, 15) is 4.79 Å². The Bertz CT molecular complexity index is 1020. The summed E-state index contributed by atoms with van der Waals surface area (Å²) in [5, 5.41) is 11.8. The topological polar surface area (TPSA) is 59.8 Å². The molecular weight excluding hydrogens is 368 g/mol. The second-order valence-electron chi connectivity index (χ2n) is 7.62. The molecule has 0 atom stereocenters. The molecular formula is C22H24N4OS. The van der Waals surface area contributed by atoms with Crippen LogP contribution in [0, 0.1) is 0 Å². The van der Waals surface area contributed by atoms with Crippen LogP contribution >= 0.6 is 11.3 Å². The van der Waals surface area contributed by atoms with Gasteiger partial charge in [0, 0.05) is 30.8 Å². The van der Waals surface area contributed by atoms with Gasteiger partial charge < -0.3 is 9.88 Å². The van der Waals surface area contributed by atoms with Crippen molar-refractivity contribution < 1.29 is 4.79 Å². The minimum absolute atomic E-state index is 0.0208. The number of carbonyl (C=O) groups excluding carboxylic acids is 1. The van der Waals surface area contributed by atoms with Gasteiger partial charge in [-0.3, -0.25) is 4.79 Å². The number of carbonyl (C=O) groups is 1. The Morgan fingerprint density at radius 2 is 1.96 bits per heavy atom. The molecule has 28 heavy (non-hydrogen) atoms. The molecule has 1 aliphatic carbocycles. The maximum Gasteiger partial charge on any atom is 0.261 e. The lowest BCUT2D eigenvalue weighted by Crippen LogP contribution is -2.26. The molecule has 144 valence electrons. The number of hydrogen-bond acceptors (Lipinski definition) is 4. The maximum atomic E-state index is 12.7. The molecule has 5 nitrogen and oxygen atoms in total. The van der Waals surface area contributed by atoms with E-state index in [1.165, 1.54) is 40.8 Å². The number of thiophene rings is 1. The van der Waals surface area contributed by atoms with Crippen LogP contribution in [0.15, 0.2) is 30.3 Å². The summed E-state index contributed by atoms with van der Waals surface area (Å²) in [5.41, 5.74) is 3.98. The molecule has 2 aromatic heterocycles. The van der Waals surface area contributed by atoms with Crippen LogP contribution in [-0.4, -0.2) is 27.2 Å². The first-order chi connectivity index (χ1) is 13.8. The van der Waals surface area contributed by atoms with Gasteiger partial charge in [0.2, 0.25) is 0 Å². The quantitative estimate of drug-likeness (QED) is 0.735. The number of hydrogen-bond donors (Lipinski definition) is 1. The molecule has 0 radical (unpaired) electrons. The van der Waals surface area contributed by atoms with Crippen molar-refractivity contribution in [3.05, 3.63) is 58.0 Å². The van der Waals surface area contributed by atoms with Crippen molar-refractivity contribution in [1.29, 1.82) is 0 Å². The van der Waals surface area contributed by atoms with E-state index in [1.54, 1.807) is 11.3 Å². The fourth-order valence-corrected chi connectivity index (χ4v) is 5.48. The van der Waals surface area contributed by atoms with E-state index in [-0.39, 0.29) is 5.91 Å². The molecule has 1 aliphatic heterocycles. The second kappa shape index (κ2) is 7.51. The summed E-state index contributed by atoms with van der Waals surface area (Å²) >= 11 is 1.61. The van der Waals surface area contributed by atoms with Crippen LogP contribution in [0.1, 0.15) is 51.7 Å². The molecule has 6 heteroatoms. The van der Waals surface area contributed by atoms with Crippen LogP contribution in [0.5, 0.6) is 0 Å². The zero-order valence-electron chi connectivity index (χ0n) is 15.9. The summed E-state index contributed by atoms with van der Waals surface area (Å²) in [4.78, 5) is 14.8. The summed E-state index contributed by atoms with van der Waals surface area (Å²) < 4.78 is 2.25. The molecule has 1 aromatic carbocycles. The summed E-state index contributed by atoms with van der Waals surface area (Å²) in [6.45, 7) is 1.60. The molecule has 0 saturated heterocycles. The standard InChI is InChI=1S/C22H24N4OS/c27-22(23-12-11-20-25-24-19-8-2-1-5-13-26(19)20)18-14-16-10-9-15-6-3-4-7-17(15)21(16)28-18/h3-4,6-7,14H,1-2,5,8-13H2,(H,23,27). The summed E-state index contributed by atoms with van der Waals surface area (Å²) in [6, 6.07) is 10.6. The lowest BCUT2D eigenvalue weighted by Gasteiger charge is -2.15. The van der Waals surface area contributed by atoms with E-state index in [0.29, 0.717) is 6.54 Å². The third kappa shape index (κ3) is 3.26. The fourth-order valence-electron chi connectivity index (χ4n) is 4.29. The van der Waals surface area contributed by atoms with Gasteiger partial charge in [0.15, 0.2) is 0 Å². The largest absolute Gasteiger partial charge is 0.351 e. The number of amides is 1. The van der Waals surface area contributed by atoms with Gasteiger partial charge in [0.1, 0.15) is 11.6 Å². The van der Waals surface area contributed by atoms with Gasteiger partial charge >= 0.3 is 0 Å². The van der Waals surface area contributed by atoms with Gasteiger partial charge in [0.25, 0.3) is 5.91 Å². The monoisotopic (exact) mass is 392 g/mol. The predicted molar refractivity (Wildman–Crippen MR) is 111 cm³/mol. The van der Waals surface area contributed by atoms with Gasteiger partial charge in [-0.25, -0.2) is 0 Å². The maximum absolute atomic E-state index is 12.7. The number of fused-ring (bicyclic) bond motifs is 4. The third-order valence-corrected chi connectivity index (χ3v) is 6.99. The average Bonchev–Trinajstić information content (AvgIpc) is 3.25. The zero-order valence-corrected chi connectivity index (χ0v) is 16.7. The Balaban J connectivity index is 1.25. The van der Waals surface area contributed by atoms with Crippen molar-refractivity contribution >= 4 is 17.2 Å². The molecule has 0 bridgehead atoms. The van der Waals surface area contributed by atoms with Crippen molar-refractivity contribution in [3.8, 4) is 10.4 Å². The summed E-state index contributed by atoms with van der Waals surface area (Å²) in [6.07, 6.45) is 7.45. The van der Waals surface area contributed by atoms with E-state index < -0.39 is 0 Å². The molecule has 1 amide bonds. The van der Waals surface area contributed by atoms with Crippen LogP contribution < -0.4 is 5.32 Å². The number of aryl methyl sites for hydroxylation is 3. The molecule has 0 saturated carbocycles. The Morgan fingerprint density at radius 3 is 2.93 bits per heavy atom. The minimum atomic E-state index is 0.0208. The highest BCUT2D eigenvalue weighted by molar-refractivity contribution is 7.17. The highest BCUT2D eigenvalue weighted by Gasteiger charge is 2.21. The number of aromatic nitrogens is 3. The first kappa shape index (κ1) is 17.6. The van der Waals surface area contributed by atoms with E-state index in [0.717, 1.165) is 48.8 Å². The van der Waals surface area contributed by atoms with Crippen LogP contribution in [0.3, 0.4) is 0 Å². The number of benzene rings is 1. The first-order valence-corrected chi connectivity index (χ1v) is 11.0. The van der Waals surface area contributed by atoms with Crippen molar-refractivity contribution in [2.24, 2.45) is 0 Å². The smallest absolute Gasteiger partial charge is 0.261 e. The zero-order chi connectivity index (χ0) is 18.9. The first-order valence-electron chi connectivity index (χ1n) is 10.2. The number of nitrogens with zero attached hydrogens (tertiary/aromatic N) is 3. The highest BCUT2D eigenvalue weighted by Crippen LogP contribution is 2.39. The third-order valence-electron chi connectivity index (χ3n) is 5.78. The van der Waals surface area contributed by atoms with Crippen LogP contribution in [0.4, 0.5) is 0 Å². The molecule has 5 rings (SSSR count). The van der Waals surface area contributed by atoms with Gasteiger partial charge in [-0.15, -0.1) is 21.5 Å². The van der Waals surface area contributed by atoms with Crippen molar-refractivity contribution in [3.63, 3.8) is 0 Å². The molecule has 3 heterocycles. The van der Waals surface area contributed by atoms with E-state index >= 15 is 0 Å². The Morgan fingerprint density at radius 1 is 1.07 bits per heavy atom. The number of rotatable bonds is 4. The second-order valence-corrected chi connectivity index (χ2v) is 8.68. The SMILES string of the molecule is O=C(NCCc1nnc2n1CCCCC2)c1cc2c(s1)-c1ccccc1CC2. The molecule has 2 aliphatic rings.